The van der Waals surface area contributed by atoms with Gasteiger partial charge in [-0.2, -0.15) is 0 Å². The van der Waals surface area contributed by atoms with Crippen molar-refractivity contribution in [2.24, 2.45) is 0 Å². The highest BCUT2D eigenvalue weighted by Crippen LogP contribution is 2.28. The minimum absolute atomic E-state index is 0.191. The summed E-state index contributed by atoms with van der Waals surface area (Å²) in [5.41, 5.74) is 1.76. The minimum Gasteiger partial charge on any atom is -0.494 e. The van der Waals surface area contributed by atoms with Crippen molar-refractivity contribution in [2.45, 2.75) is 6.42 Å². The average molecular weight is 312 g/mol. The van der Waals surface area contributed by atoms with Crippen molar-refractivity contribution in [1.29, 1.82) is 0 Å². The Morgan fingerprint density at radius 2 is 1.96 bits per heavy atom. The first-order valence-electron chi connectivity index (χ1n) is 7.27. The number of methoxy groups -OCH3 is 1. The van der Waals surface area contributed by atoms with Crippen LogP contribution in [0.1, 0.15) is 5.56 Å². The standard InChI is InChI=1S/C17H17FN4O/c1-22(8-5-12-3-6-19-7-4-12)17-13-9-16(23-2)14(18)10-15(13)20-11-21-17/h3-4,6-7,9-11H,5,8H2,1-2H3. The molecule has 0 radical (unpaired) electrons. The van der Waals surface area contributed by atoms with E-state index in [1.165, 1.54) is 25.1 Å². The summed E-state index contributed by atoms with van der Waals surface area (Å²) in [6.07, 6.45) is 5.88. The van der Waals surface area contributed by atoms with Gasteiger partial charge in [0.2, 0.25) is 0 Å². The predicted octanol–water partition coefficient (Wildman–Crippen LogP) is 2.85. The molecule has 0 spiro atoms. The lowest BCUT2D eigenvalue weighted by Gasteiger charge is -2.20. The summed E-state index contributed by atoms with van der Waals surface area (Å²) in [6.45, 7) is 0.774. The number of anilines is 1. The molecule has 0 saturated heterocycles. The van der Waals surface area contributed by atoms with Gasteiger partial charge in [0.05, 0.1) is 12.6 Å². The maximum Gasteiger partial charge on any atom is 0.167 e. The van der Waals surface area contributed by atoms with Crippen LogP contribution < -0.4 is 9.64 Å². The van der Waals surface area contributed by atoms with Gasteiger partial charge in [-0.05, 0) is 30.2 Å². The highest BCUT2D eigenvalue weighted by Gasteiger charge is 2.13. The molecule has 0 aliphatic carbocycles. The van der Waals surface area contributed by atoms with Crippen LogP contribution in [0.4, 0.5) is 10.2 Å². The van der Waals surface area contributed by atoms with E-state index in [1.54, 1.807) is 18.5 Å². The molecule has 0 fully saturated rings. The van der Waals surface area contributed by atoms with Crippen molar-refractivity contribution in [3.05, 3.63) is 54.4 Å². The molecule has 0 amide bonds. The summed E-state index contributed by atoms with van der Waals surface area (Å²) in [7, 11) is 3.40. The molecule has 0 atom stereocenters. The summed E-state index contributed by atoms with van der Waals surface area (Å²) in [4.78, 5) is 14.5. The number of hydrogen-bond acceptors (Lipinski definition) is 5. The number of benzene rings is 1. The number of aromatic nitrogens is 3. The summed E-state index contributed by atoms with van der Waals surface area (Å²) in [5.74, 6) is 0.516. The van der Waals surface area contributed by atoms with Crippen LogP contribution in [-0.4, -0.2) is 35.7 Å². The lowest BCUT2D eigenvalue weighted by molar-refractivity contribution is 0.387. The molecule has 118 valence electrons. The first-order chi connectivity index (χ1) is 11.2. The number of pyridine rings is 1. The molecule has 2 aromatic heterocycles. The zero-order valence-corrected chi connectivity index (χ0v) is 13.0. The van der Waals surface area contributed by atoms with Crippen molar-refractivity contribution >= 4 is 16.7 Å². The number of fused-ring (bicyclic) bond motifs is 1. The second-order valence-electron chi connectivity index (χ2n) is 5.23. The van der Waals surface area contributed by atoms with Gasteiger partial charge >= 0.3 is 0 Å². The van der Waals surface area contributed by atoms with E-state index in [1.807, 2.05) is 24.1 Å². The molecule has 0 aliphatic heterocycles. The number of halogens is 1. The molecule has 0 unspecified atom stereocenters. The largest absolute Gasteiger partial charge is 0.494 e. The molecule has 5 nitrogen and oxygen atoms in total. The van der Waals surface area contributed by atoms with E-state index in [0.29, 0.717) is 5.52 Å². The topological polar surface area (TPSA) is 51.1 Å². The van der Waals surface area contributed by atoms with Crippen molar-refractivity contribution in [3.8, 4) is 5.75 Å². The Bertz CT molecular complexity index is 810. The zero-order valence-electron chi connectivity index (χ0n) is 13.0. The Balaban J connectivity index is 1.89. The Kier molecular flexibility index (Phi) is 4.32. The highest BCUT2D eigenvalue weighted by molar-refractivity contribution is 5.90. The average Bonchev–Trinajstić information content (AvgIpc) is 2.59. The monoisotopic (exact) mass is 312 g/mol. The lowest BCUT2D eigenvalue weighted by Crippen LogP contribution is -2.21. The fourth-order valence-electron chi connectivity index (χ4n) is 2.46. The third kappa shape index (κ3) is 3.21. The van der Waals surface area contributed by atoms with Crippen LogP contribution in [0.5, 0.6) is 5.75 Å². The Morgan fingerprint density at radius 1 is 1.17 bits per heavy atom. The molecule has 2 heterocycles. The Morgan fingerprint density at radius 3 is 2.70 bits per heavy atom. The lowest BCUT2D eigenvalue weighted by atomic mass is 10.1. The molecule has 1 aromatic carbocycles. The Hall–Kier alpha value is -2.76. The van der Waals surface area contributed by atoms with E-state index in [9.17, 15) is 4.39 Å². The van der Waals surface area contributed by atoms with Gasteiger partial charge in [-0.3, -0.25) is 4.98 Å². The van der Waals surface area contributed by atoms with Gasteiger partial charge in [-0.15, -0.1) is 0 Å². The smallest absolute Gasteiger partial charge is 0.167 e. The minimum atomic E-state index is -0.427. The molecular weight excluding hydrogens is 295 g/mol. The van der Waals surface area contributed by atoms with Gasteiger partial charge < -0.3 is 9.64 Å². The van der Waals surface area contributed by atoms with E-state index in [0.717, 1.165) is 24.2 Å². The van der Waals surface area contributed by atoms with Gasteiger partial charge in [0.25, 0.3) is 0 Å². The van der Waals surface area contributed by atoms with Gasteiger partial charge in [-0.25, -0.2) is 14.4 Å². The number of likely N-dealkylation sites (N-methyl/N-ethyl adjacent to an activating group) is 1. The number of ether oxygens (including phenoxy) is 1. The molecule has 3 rings (SSSR count). The van der Waals surface area contributed by atoms with E-state index in [4.69, 9.17) is 4.74 Å². The normalized spacial score (nSPS) is 10.7. The molecule has 0 bridgehead atoms. The van der Waals surface area contributed by atoms with Crippen LogP contribution in [0.2, 0.25) is 0 Å². The van der Waals surface area contributed by atoms with Crippen LogP contribution in [0, 0.1) is 5.82 Å². The third-order valence-corrected chi connectivity index (χ3v) is 3.73. The number of hydrogen-bond donors (Lipinski definition) is 0. The molecule has 3 aromatic rings. The first kappa shape index (κ1) is 15.1. The van der Waals surface area contributed by atoms with Crippen molar-refractivity contribution in [3.63, 3.8) is 0 Å². The van der Waals surface area contributed by atoms with Gasteiger partial charge in [0, 0.05) is 37.4 Å². The predicted molar refractivity (Wildman–Crippen MR) is 87.3 cm³/mol. The summed E-state index contributed by atoms with van der Waals surface area (Å²) in [6, 6.07) is 6.99. The van der Waals surface area contributed by atoms with E-state index in [2.05, 4.69) is 15.0 Å². The quantitative estimate of drug-likeness (QED) is 0.725. The Labute approximate surface area is 133 Å². The molecule has 23 heavy (non-hydrogen) atoms. The van der Waals surface area contributed by atoms with Crippen LogP contribution in [0.15, 0.2) is 43.0 Å². The van der Waals surface area contributed by atoms with Crippen LogP contribution in [0.3, 0.4) is 0 Å². The van der Waals surface area contributed by atoms with Gasteiger partial charge in [0.15, 0.2) is 11.6 Å². The fourth-order valence-corrected chi connectivity index (χ4v) is 2.46. The van der Waals surface area contributed by atoms with Crippen molar-refractivity contribution < 1.29 is 9.13 Å². The molecule has 0 aliphatic rings. The molecule has 0 N–H and O–H groups in total. The summed E-state index contributed by atoms with van der Waals surface area (Å²) >= 11 is 0. The SMILES string of the molecule is COc1cc2c(N(C)CCc3ccncc3)ncnc2cc1F. The van der Waals surface area contributed by atoms with Crippen molar-refractivity contribution in [2.75, 3.05) is 25.6 Å². The third-order valence-electron chi connectivity index (χ3n) is 3.73. The molecular formula is C17H17FN4O. The maximum absolute atomic E-state index is 13.8. The summed E-state index contributed by atoms with van der Waals surface area (Å²) in [5, 5.41) is 0.767. The first-order valence-corrected chi connectivity index (χ1v) is 7.27. The van der Waals surface area contributed by atoms with Gasteiger partial charge in [-0.1, -0.05) is 0 Å². The second-order valence-corrected chi connectivity index (χ2v) is 5.23. The number of nitrogens with zero attached hydrogens (tertiary/aromatic N) is 4. The zero-order chi connectivity index (χ0) is 16.2. The van der Waals surface area contributed by atoms with Crippen LogP contribution >= 0.6 is 0 Å². The fraction of sp³-hybridized carbons (Fsp3) is 0.235. The van der Waals surface area contributed by atoms with E-state index < -0.39 is 5.82 Å². The number of rotatable bonds is 5. The molecule has 6 heteroatoms. The molecule has 0 saturated carbocycles. The maximum atomic E-state index is 13.8. The van der Waals surface area contributed by atoms with Crippen molar-refractivity contribution in [1.82, 2.24) is 15.0 Å². The van der Waals surface area contributed by atoms with Crippen LogP contribution in [0.25, 0.3) is 10.9 Å². The van der Waals surface area contributed by atoms with E-state index >= 15 is 0 Å². The van der Waals surface area contributed by atoms with Gasteiger partial charge in [0.1, 0.15) is 12.1 Å². The second kappa shape index (κ2) is 6.56. The van der Waals surface area contributed by atoms with Crippen LogP contribution in [-0.2, 0) is 6.42 Å². The highest BCUT2D eigenvalue weighted by atomic mass is 19.1. The van der Waals surface area contributed by atoms with E-state index in [-0.39, 0.29) is 5.75 Å². The summed E-state index contributed by atoms with van der Waals surface area (Å²) < 4.78 is 18.9.